The van der Waals surface area contributed by atoms with Crippen molar-refractivity contribution in [3.8, 4) is 0 Å². The summed E-state index contributed by atoms with van der Waals surface area (Å²) in [5.41, 5.74) is 3.74. The zero-order chi connectivity index (χ0) is 44.1. The van der Waals surface area contributed by atoms with Crippen molar-refractivity contribution in [1.82, 2.24) is 29.8 Å². The second-order valence-electron chi connectivity index (χ2n) is 15.1. The molecule has 8 rings (SSSR count). The Morgan fingerprint density at radius 3 is 1.61 bits per heavy atom. The van der Waals surface area contributed by atoms with Gasteiger partial charge >= 0.3 is 34.5 Å². The van der Waals surface area contributed by atoms with Gasteiger partial charge in [-0.15, -0.1) is 0 Å². The van der Waals surface area contributed by atoms with Gasteiger partial charge in [-0.05, 0) is 94.3 Å². The van der Waals surface area contributed by atoms with Crippen molar-refractivity contribution in [3.05, 3.63) is 81.9 Å². The predicted molar refractivity (Wildman–Crippen MR) is 243 cm³/mol. The fourth-order valence-corrected chi connectivity index (χ4v) is 8.29. The Kier molecular flexibility index (Phi) is 20.4. The number of carbonyl (C=O) groups excluding carboxylic acids is 6. The van der Waals surface area contributed by atoms with Gasteiger partial charge in [0, 0.05) is 50.1 Å². The summed E-state index contributed by atoms with van der Waals surface area (Å²) in [5, 5.41) is 4.72. The normalized spacial score (nSPS) is 23.9. The van der Waals surface area contributed by atoms with Crippen LogP contribution in [0.25, 0.3) is 0 Å². The average Bonchev–Trinajstić information content (AvgIpc) is 3.76. The summed E-state index contributed by atoms with van der Waals surface area (Å²) in [6.07, 6.45) is 9.79. The standard InChI is InChI=1S/C19H24N3O3P.C15H16N2O3.C5H9NP.2C2H6.HI.Zn/c1-19(7-4-16(23)20-18(19)25)22-11-14-10-13(2-3-15(14)17(22)24)12-5-8-21(26)9-6-12;1-9-3-4-11-10(7-9)8-17(13(11)19)15(2)6-5-12(18)16-14(15)20;7-6-4-2-1-3-5-6;2*1-2;;/h2-3,10,12H,4-9,11,26H2,1H3,(H,20,23,25);3-4,7H,5-6,8H2,1-2H3,(H,16,18,20);2H,3-5,7H2;2*1-2H3;1H;/q;;-1;;;;+2/p-1. The van der Waals surface area contributed by atoms with Gasteiger partial charge in [-0.1, -0.05) is 76.3 Å². The van der Waals surface area contributed by atoms with Crippen LogP contribution in [0.15, 0.2) is 42.5 Å². The van der Waals surface area contributed by atoms with Crippen LogP contribution in [0, 0.1) is 13.0 Å². The van der Waals surface area contributed by atoms with Crippen LogP contribution in [0.3, 0.4) is 0 Å². The third-order valence-electron chi connectivity index (χ3n) is 11.4. The van der Waals surface area contributed by atoms with Crippen molar-refractivity contribution < 1.29 is 43.6 Å². The Labute approximate surface area is 376 Å². The first kappa shape index (κ1) is 50.9. The molecule has 4 atom stereocenters. The van der Waals surface area contributed by atoms with E-state index < -0.39 is 11.1 Å². The van der Waals surface area contributed by atoms with Gasteiger partial charge in [-0.3, -0.25) is 54.8 Å². The van der Waals surface area contributed by atoms with Crippen molar-refractivity contribution in [2.24, 2.45) is 0 Å². The third kappa shape index (κ3) is 12.3. The van der Waals surface area contributed by atoms with Crippen LogP contribution in [0.2, 0.25) is 0 Å². The first-order valence-electron chi connectivity index (χ1n) is 20.6. The van der Waals surface area contributed by atoms with E-state index in [9.17, 15) is 28.8 Å². The number of amides is 6. The Hall–Kier alpha value is -2.47. The van der Waals surface area contributed by atoms with Gasteiger partial charge in [-0.2, -0.15) is 6.42 Å². The molecular weight excluding hydrogens is 951 g/mol. The number of hydrogen-bond acceptors (Lipinski definition) is 8. The Morgan fingerprint density at radius 1 is 0.712 bits per heavy atom. The molecule has 0 aromatic heterocycles. The van der Waals surface area contributed by atoms with Crippen LogP contribution in [-0.2, 0) is 47.1 Å². The minimum atomic E-state index is -0.963. The van der Waals surface area contributed by atoms with Crippen LogP contribution in [0.1, 0.15) is 135 Å². The quantitative estimate of drug-likeness (QED) is 0.114. The van der Waals surface area contributed by atoms with Crippen molar-refractivity contribution in [1.29, 1.82) is 0 Å². The van der Waals surface area contributed by atoms with Crippen molar-refractivity contribution >= 4 is 74.0 Å². The van der Waals surface area contributed by atoms with Gasteiger partial charge in [0.25, 0.3) is 23.6 Å². The molecule has 0 bridgehead atoms. The monoisotopic (exact) mass is 1010 g/mol. The summed E-state index contributed by atoms with van der Waals surface area (Å²) in [6, 6.07) is 11.8. The molecule has 2 aromatic rings. The van der Waals surface area contributed by atoms with Crippen molar-refractivity contribution in [2.75, 3.05) is 26.2 Å². The number of rotatable bonds is 3. The van der Waals surface area contributed by atoms with Gasteiger partial charge in [0.15, 0.2) is 0 Å². The van der Waals surface area contributed by atoms with E-state index in [2.05, 4.69) is 82.8 Å². The minimum absolute atomic E-state index is 0.113. The van der Waals surface area contributed by atoms with E-state index in [1.807, 2.05) is 58.9 Å². The SMILES string of the molecule is CC.CC.CC1(N2Cc3cc(C4CCN(P)CC4)ccc3C2=O)CCC(=O)NC1=O.Cc1ccc2c(c1)CN(C1(C)CCC(=O)NC1=O)C2=O.PN1CC=[C-]CC1.[Zn+][I]. The molecular formula is C43H61IN6O6P2Zn. The number of halogens is 1. The summed E-state index contributed by atoms with van der Waals surface area (Å²) in [7, 11) is 5.43. The number of carbonyl (C=O) groups is 6. The van der Waals surface area contributed by atoms with Crippen LogP contribution < -0.4 is 10.6 Å². The van der Waals surface area contributed by atoms with E-state index >= 15 is 0 Å². The van der Waals surface area contributed by atoms with E-state index in [1.165, 1.54) is 20.4 Å². The molecule has 318 valence electrons. The molecule has 2 N–H and O–H groups in total. The molecule has 59 heavy (non-hydrogen) atoms. The second-order valence-corrected chi connectivity index (χ2v) is 16.6. The number of nitrogens with one attached hydrogen (secondary N) is 2. The van der Waals surface area contributed by atoms with E-state index in [0.717, 1.165) is 62.1 Å². The molecule has 0 aliphatic carbocycles. The molecule has 6 amide bonds. The number of benzene rings is 2. The molecule has 3 saturated heterocycles. The van der Waals surface area contributed by atoms with Gasteiger partial charge in [0.1, 0.15) is 11.1 Å². The Morgan fingerprint density at radius 2 is 1.19 bits per heavy atom. The molecule has 6 aliphatic heterocycles. The van der Waals surface area contributed by atoms with Crippen LogP contribution in [-0.4, -0.2) is 91.8 Å². The molecule has 12 nitrogen and oxygen atoms in total. The van der Waals surface area contributed by atoms with Gasteiger partial charge < -0.3 is 15.9 Å². The van der Waals surface area contributed by atoms with E-state index in [-0.39, 0.29) is 48.3 Å². The molecule has 0 radical (unpaired) electrons. The van der Waals surface area contributed by atoms with Gasteiger partial charge in [0.05, 0.1) is 0 Å². The van der Waals surface area contributed by atoms with E-state index in [4.69, 9.17) is 0 Å². The second kappa shape index (κ2) is 23.7. The van der Waals surface area contributed by atoms with Gasteiger partial charge in [0.2, 0.25) is 11.8 Å². The van der Waals surface area contributed by atoms with Crippen molar-refractivity contribution in [2.45, 2.75) is 123 Å². The summed E-state index contributed by atoms with van der Waals surface area (Å²) in [5.74, 6) is -1.01. The summed E-state index contributed by atoms with van der Waals surface area (Å²) >= 11 is 3.62. The van der Waals surface area contributed by atoms with E-state index in [0.29, 0.717) is 43.0 Å². The summed E-state index contributed by atoms with van der Waals surface area (Å²) in [6.45, 7) is 18.6. The molecule has 6 heterocycles. The fourth-order valence-electron chi connectivity index (χ4n) is 7.76. The zero-order valence-corrected chi connectivity index (χ0v) is 43.2. The predicted octanol–water partition coefficient (Wildman–Crippen LogP) is 6.73. The number of nitrogens with zero attached hydrogens (tertiary/aromatic N) is 4. The number of aryl methyl sites for hydroxylation is 1. The van der Waals surface area contributed by atoms with Crippen LogP contribution >= 0.6 is 38.5 Å². The molecule has 16 heteroatoms. The maximum atomic E-state index is 12.9. The molecule has 0 spiro atoms. The number of fused-ring (bicyclic) bond motifs is 2. The maximum absolute atomic E-state index is 12.9. The number of hydrogen-bond donors (Lipinski definition) is 2. The van der Waals surface area contributed by atoms with Crippen LogP contribution in [0.4, 0.5) is 0 Å². The fraction of sp³-hybridized carbons (Fsp3) is 0.535. The summed E-state index contributed by atoms with van der Waals surface area (Å²) < 4.78 is 4.45. The summed E-state index contributed by atoms with van der Waals surface area (Å²) in [4.78, 5) is 76.0. The molecule has 2 aromatic carbocycles. The number of imide groups is 2. The third-order valence-corrected chi connectivity index (χ3v) is 12.4. The molecule has 6 aliphatic rings. The van der Waals surface area contributed by atoms with Gasteiger partial charge in [-0.25, -0.2) is 0 Å². The topological polar surface area (TPSA) is 139 Å². The van der Waals surface area contributed by atoms with Crippen LogP contribution in [0.5, 0.6) is 0 Å². The molecule has 0 saturated carbocycles. The Bertz CT molecular complexity index is 1880. The average molecular weight is 1010 g/mol. The zero-order valence-electron chi connectivity index (χ0n) is 35.8. The van der Waals surface area contributed by atoms with E-state index in [1.54, 1.807) is 23.6 Å². The van der Waals surface area contributed by atoms with Crippen molar-refractivity contribution in [3.63, 3.8) is 0 Å². The molecule has 4 unspecified atom stereocenters. The first-order valence-corrected chi connectivity index (χ1v) is 30.6. The first-order chi connectivity index (χ1) is 28.2. The number of piperidine rings is 3. The molecule has 3 fully saturated rings. The Balaban J connectivity index is 0.000000249.